The van der Waals surface area contributed by atoms with Gasteiger partial charge in [0, 0.05) is 6.07 Å². The first-order valence-electron chi connectivity index (χ1n) is 5.51. The van der Waals surface area contributed by atoms with Gasteiger partial charge in [0.2, 0.25) is 5.75 Å². The van der Waals surface area contributed by atoms with Crippen molar-refractivity contribution in [1.29, 1.82) is 0 Å². The van der Waals surface area contributed by atoms with Crippen molar-refractivity contribution in [3.8, 4) is 11.6 Å². The number of nitro benzene ring substituents is 1. The highest BCUT2D eigenvalue weighted by Gasteiger charge is 2.22. The molecule has 2 aromatic rings. The summed E-state index contributed by atoms with van der Waals surface area (Å²) in [7, 11) is 0. The smallest absolute Gasteiger partial charge is 0.314 e. The van der Waals surface area contributed by atoms with Crippen LogP contribution in [-0.2, 0) is 0 Å². The molecule has 0 N–H and O–H groups in total. The summed E-state index contributed by atoms with van der Waals surface area (Å²) in [5, 5.41) is 10.8. The molecular formula is C12H9ClFN3O3. The van der Waals surface area contributed by atoms with Crippen LogP contribution in [0.1, 0.15) is 11.4 Å². The zero-order chi connectivity index (χ0) is 14.9. The number of hydrogen-bond acceptors (Lipinski definition) is 5. The van der Waals surface area contributed by atoms with E-state index in [4.69, 9.17) is 16.3 Å². The average Bonchev–Trinajstić information content (AvgIpc) is 2.37. The Morgan fingerprint density at radius 2 is 1.95 bits per heavy atom. The maximum atomic E-state index is 13.7. The summed E-state index contributed by atoms with van der Waals surface area (Å²) in [4.78, 5) is 18.1. The maximum Gasteiger partial charge on any atom is 0.314 e. The molecule has 8 heteroatoms. The predicted octanol–water partition coefficient (Wildman–Crippen LogP) is 3.59. The second-order valence-electron chi connectivity index (χ2n) is 3.94. The molecule has 0 unspecified atom stereocenters. The van der Waals surface area contributed by atoms with Crippen LogP contribution in [0.3, 0.4) is 0 Å². The van der Waals surface area contributed by atoms with Crippen molar-refractivity contribution in [3.05, 3.63) is 50.7 Å². The van der Waals surface area contributed by atoms with Crippen LogP contribution in [0.4, 0.5) is 10.1 Å². The Bertz CT molecular complexity index is 694. The van der Waals surface area contributed by atoms with Gasteiger partial charge in [-0.05, 0) is 19.9 Å². The fourth-order valence-electron chi connectivity index (χ4n) is 1.46. The largest absolute Gasteiger partial charge is 0.426 e. The standard InChI is InChI=1S/C12H9ClFN3O3/c1-6-7(2)16-12(11(13)15-6)20-10-8(14)4-3-5-9(10)17(18)19/h3-5H,1-2H3. The van der Waals surface area contributed by atoms with Crippen LogP contribution in [0.5, 0.6) is 11.6 Å². The number of benzene rings is 1. The van der Waals surface area contributed by atoms with E-state index >= 15 is 0 Å². The average molecular weight is 298 g/mol. The van der Waals surface area contributed by atoms with E-state index in [0.717, 1.165) is 12.1 Å². The topological polar surface area (TPSA) is 78.2 Å². The highest BCUT2D eigenvalue weighted by Crippen LogP contribution is 2.35. The first-order chi connectivity index (χ1) is 9.40. The van der Waals surface area contributed by atoms with Crippen LogP contribution in [0.15, 0.2) is 18.2 Å². The Morgan fingerprint density at radius 3 is 2.60 bits per heavy atom. The Hall–Kier alpha value is -2.28. The number of aryl methyl sites for hydroxylation is 2. The molecule has 20 heavy (non-hydrogen) atoms. The van der Waals surface area contributed by atoms with Crippen LogP contribution in [0.2, 0.25) is 5.15 Å². The molecular weight excluding hydrogens is 289 g/mol. The normalized spacial score (nSPS) is 10.4. The van der Waals surface area contributed by atoms with E-state index in [0.29, 0.717) is 11.4 Å². The minimum Gasteiger partial charge on any atom is -0.426 e. The van der Waals surface area contributed by atoms with Gasteiger partial charge < -0.3 is 4.74 Å². The summed E-state index contributed by atoms with van der Waals surface area (Å²) in [6, 6.07) is 3.39. The molecule has 2 rings (SSSR count). The number of ether oxygens (including phenoxy) is 1. The Kier molecular flexibility index (Phi) is 3.80. The van der Waals surface area contributed by atoms with Crippen molar-refractivity contribution < 1.29 is 14.1 Å². The van der Waals surface area contributed by atoms with E-state index in [2.05, 4.69) is 9.97 Å². The number of nitro groups is 1. The number of para-hydroxylation sites is 1. The van der Waals surface area contributed by atoms with Crippen molar-refractivity contribution in [2.45, 2.75) is 13.8 Å². The van der Waals surface area contributed by atoms with E-state index < -0.39 is 22.2 Å². The lowest BCUT2D eigenvalue weighted by Gasteiger charge is -2.09. The minimum absolute atomic E-state index is 0.0920. The number of rotatable bonds is 3. The molecule has 0 bridgehead atoms. The fraction of sp³-hybridized carbons (Fsp3) is 0.167. The zero-order valence-corrected chi connectivity index (χ0v) is 11.3. The van der Waals surface area contributed by atoms with Crippen LogP contribution >= 0.6 is 11.6 Å². The summed E-state index contributed by atoms with van der Waals surface area (Å²) in [6.45, 7) is 3.37. The number of aromatic nitrogens is 2. The van der Waals surface area contributed by atoms with Gasteiger partial charge in [0.25, 0.3) is 5.88 Å². The molecule has 0 aliphatic carbocycles. The second-order valence-corrected chi connectivity index (χ2v) is 4.30. The lowest BCUT2D eigenvalue weighted by molar-refractivity contribution is -0.385. The summed E-state index contributed by atoms with van der Waals surface area (Å²) < 4.78 is 18.8. The van der Waals surface area contributed by atoms with Gasteiger partial charge in [-0.15, -0.1) is 0 Å². The number of halogens is 2. The molecule has 0 radical (unpaired) electrons. The first kappa shape index (κ1) is 14.1. The molecule has 0 saturated carbocycles. The van der Waals surface area contributed by atoms with E-state index in [9.17, 15) is 14.5 Å². The fourth-order valence-corrected chi connectivity index (χ4v) is 1.67. The van der Waals surface area contributed by atoms with Gasteiger partial charge in [0.1, 0.15) is 0 Å². The van der Waals surface area contributed by atoms with Gasteiger partial charge in [-0.3, -0.25) is 10.1 Å². The second kappa shape index (κ2) is 5.38. The number of nitrogens with zero attached hydrogens (tertiary/aromatic N) is 3. The van der Waals surface area contributed by atoms with E-state index in [-0.39, 0.29) is 11.0 Å². The molecule has 0 aliphatic heterocycles. The van der Waals surface area contributed by atoms with Gasteiger partial charge in [0.15, 0.2) is 11.0 Å². The third kappa shape index (κ3) is 2.67. The Morgan fingerprint density at radius 1 is 1.30 bits per heavy atom. The van der Waals surface area contributed by atoms with Crippen molar-refractivity contribution in [1.82, 2.24) is 9.97 Å². The lowest BCUT2D eigenvalue weighted by Crippen LogP contribution is -2.01. The monoisotopic (exact) mass is 297 g/mol. The van der Waals surface area contributed by atoms with Gasteiger partial charge in [0.05, 0.1) is 16.3 Å². The van der Waals surface area contributed by atoms with E-state index in [1.54, 1.807) is 13.8 Å². The van der Waals surface area contributed by atoms with Gasteiger partial charge in [-0.25, -0.2) is 14.4 Å². The zero-order valence-electron chi connectivity index (χ0n) is 10.6. The molecule has 1 aromatic carbocycles. The Balaban J connectivity index is 2.50. The van der Waals surface area contributed by atoms with Crippen LogP contribution in [0, 0.1) is 29.8 Å². The van der Waals surface area contributed by atoms with Crippen molar-refractivity contribution in [3.63, 3.8) is 0 Å². The van der Waals surface area contributed by atoms with Crippen molar-refractivity contribution in [2.24, 2.45) is 0 Å². The lowest BCUT2D eigenvalue weighted by atomic mass is 10.3. The highest BCUT2D eigenvalue weighted by atomic mass is 35.5. The molecule has 1 aromatic heterocycles. The summed E-state index contributed by atoms with van der Waals surface area (Å²) in [5.41, 5.74) is 0.606. The molecule has 0 spiro atoms. The molecule has 0 fully saturated rings. The van der Waals surface area contributed by atoms with Gasteiger partial charge in [-0.2, -0.15) is 0 Å². The predicted molar refractivity (Wildman–Crippen MR) is 69.6 cm³/mol. The molecule has 0 amide bonds. The minimum atomic E-state index is -0.879. The molecule has 104 valence electrons. The van der Waals surface area contributed by atoms with Crippen LogP contribution in [-0.4, -0.2) is 14.9 Å². The summed E-state index contributed by atoms with van der Waals surface area (Å²) in [6.07, 6.45) is 0. The van der Waals surface area contributed by atoms with E-state index in [1.807, 2.05) is 0 Å². The quantitative estimate of drug-likeness (QED) is 0.639. The van der Waals surface area contributed by atoms with Crippen molar-refractivity contribution in [2.75, 3.05) is 0 Å². The molecule has 0 saturated heterocycles. The maximum absolute atomic E-state index is 13.7. The molecule has 0 aliphatic rings. The van der Waals surface area contributed by atoms with Crippen LogP contribution in [0.25, 0.3) is 0 Å². The molecule has 6 nitrogen and oxygen atoms in total. The third-order valence-corrected chi connectivity index (χ3v) is 2.82. The van der Waals surface area contributed by atoms with Crippen LogP contribution < -0.4 is 4.74 Å². The highest BCUT2D eigenvalue weighted by molar-refractivity contribution is 6.30. The molecule has 0 atom stereocenters. The Labute approximate surface area is 118 Å². The summed E-state index contributed by atoms with van der Waals surface area (Å²) >= 11 is 5.84. The van der Waals surface area contributed by atoms with E-state index in [1.165, 1.54) is 6.07 Å². The SMILES string of the molecule is Cc1nc(Cl)c(Oc2c(F)cccc2[N+](=O)[O-])nc1C. The number of hydrogen-bond donors (Lipinski definition) is 0. The summed E-state index contributed by atoms with van der Waals surface area (Å²) in [5.74, 6) is -1.60. The van der Waals surface area contributed by atoms with Gasteiger partial charge in [-0.1, -0.05) is 17.7 Å². The third-order valence-electron chi connectivity index (χ3n) is 2.58. The first-order valence-corrected chi connectivity index (χ1v) is 5.89. The van der Waals surface area contributed by atoms with Crippen molar-refractivity contribution >= 4 is 17.3 Å². The van der Waals surface area contributed by atoms with Gasteiger partial charge >= 0.3 is 5.69 Å². The molecule has 1 heterocycles.